The van der Waals surface area contributed by atoms with E-state index in [4.69, 9.17) is 10.8 Å². The van der Waals surface area contributed by atoms with Gasteiger partial charge in [0.1, 0.15) is 0 Å². The molecule has 0 aromatic rings. The van der Waals surface area contributed by atoms with Gasteiger partial charge in [-0.1, -0.05) is 19.8 Å². The van der Waals surface area contributed by atoms with E-state index in [2.05, 4.69) is 6.92 Å². The van der Waals surface area contributed by atoms with E-state index < -0.39 is 5.97 Å². The van der Waals surface area contributed by atoms with Gasteiger partial charge in [0, 0.05) is 19.5 Å². The first-order valence-corrected chi connectivity index (χ1v) is 6.80. The number of carboxylic acids is 1. The Morgan fingerprint density at radius 1 is 1.50 bits per heavy atom. The fourth-order valence-corrected chi connectivity index (χ4v) is 2.38. The molecule has 5 nitrogen and oxygen atoms in total. The molecule has 3 N–H and O–H groups in total. The zero-order chi connectivity index (χ0) is 13.5. The van der Waals surface area contributed by atoms with E-state index in [0.717, 1.165) is 32.2 Å². The molecule has 1 saturated heterocycles. The third-order valence-corrected chi connectivity index (χ3v) is 3.55. The van der Waals surface area contributed by atoms with Crippen LogP contribution >= 0.6 is 0 Å². The van der Waals surface area contributed by atoms with Crippen LogP contribution in [0.25, 0.3) is 0 Å². The molecule has 1 unspecified atom stereocenters. The second-order valence-electron chi connectivity index (χ2n) is 5.12. The van der Waals surface area contributed by atoms with Crippen molar-refractivity contribution in [1.29, 1.82) is 0 Å². The molecule has 2 atom stereocenters. The highest BCUT2D eigenvalue weighted by molar-refractivity contribution is 5.81. The van der Waals surface area contributed by atoms with Crippen LogP contribution in [-0.4, -0.2) is 41.0 Å². The first-order valence-electron chi connectivity index (χ1n) is 6.80. The monoisotopic (exact) mass is 256 g/mol. The lowest BCUT2D eigenvalue weighted by atomic mass is 10.0. The van der Waals surface area contributed by atoms with Crippen molar-refractivity contribution in [2.45, 2.75) is 51.5 Å². The summed E-state index contributed by atoms with van der Waals surface area (Å²) in [6.07, 6.45) is 4.51. The van der Waals surface area contributed by atoms with E-state index in [-0.39, 0.29) is 18.4 Å². The molecule has 0 aromatic heterocycles. The number of likely N-dealkylation sites (tertiary alicyclic amines) is 1. The number of nitrogens with two attached hydrogens (primary N) is 1. The fourth-order valence-electron chi connectivity index (χ4n) is 2.38. The molecule has 1 aliphatic heterocycles. The Bertz CT molecular complexity index is 294. The predicted octanol–water partition coefficient (Wildman–Crippen LogP) is 1.22. The van der Waals surface area contributed by atoms with Crippen LogP contribution < -0.4 is 5.73 Å². The second-order valence-corrected chi connectivity index (χ2v) is 5.12. The number of carboxylic acid groups (broad SMARTS) is 1. The standard InChI is InChI=1S/C13H24N2O3/c1-2-3-4-11(14)13(18)15-8-7-10(9-15)5-6-12(16)17/h10-11H,2-9,14H2,1H3,(H,16,17)/t10?,11-/m0/s1. The maximum absolute atomic E-state index is 12.0. The van der Waals surface area contributed by atoms with E-state index in [1.165, 1.54) is 0 Å². The molecule has 0 bridgehead atoms. The van der Waals surface area contributed by atoms with Gasteiger partial charge in [0.05, 0.1) is 6.04 Å². The smallest absolute Gasteiger partial charge is 0.303 e. The number of carbonyl (C=O) groups excluding carboxylic acids is 1. The van der Waals surface area contributed by atoms with Gasteiger partial charge in [-0.3, -0.25) is 9.59 Å². The highest BCUT2D eigenvalue weighted by Crippen LogP contribution is 2.21. The summed E-state index contributed by atoms with van der Waals surface area (Å²) in [5, 5.41) is 8.63. The second kappa shape index (κ2) is 7.36. The van der Waals surface area contributed by atoms with E-state index in [9.17, 15) is 9.59 Å². The average molecular weight is 256 g/mol. The molecule has 104 valence electrons. The lowest BCUT2D eigenvalue weighted by Crippen LogP contribution is -2.42. The van der Waals surface area contributed by atoms with Gasteiger partial charge in [0.25, 0.3) is 0 Å². The summed E-state index contributed by atoms with van der Waals surface area (Å²) in [7, 11) is 0. The Labute approximate surface area is 108 Å². The Kier molecular flexibility index (Phi) is 6.12. The van der Waals surface area contributed by atoms with Crippen LogP contribution in [0.4, 0.5) is 0 Å². The lowest BCUT2D eigenvalue weighted by Gasteiger charge is -2.20. The Balaban J connectivity index is 2.31. The third kappa shape index (κ3) is 4.64. The number of carbonyl (C=O) groups is 2. The molecular formula is C13H24N2O3. The molecule has 1 amide bonds. The number of hydrogen-bond donors (Lipinski definition) is 2. The van der Waals surface area contributed by atoms with Crippen LogP contribution in [0.3, 0.4) is 0 Å². The summed E-state index contributed by atoms with van der Waals surface area (Å²) in [5.41, 5.74) is 5.87. The average Bonchev–Trinajstić information content (AvgIpc) is 2.81. The number of rotatable bonds is 7. The molecule has 18 heavy (non-hydrogen) atoms. The van der Waals surface area contributed by atoms with Crippen molar-refractivity contribution in [3.8, 4) is 0 Å². The lowest BCUT2D eigenvalue weighted by molar-refractivity contribution is -0.137. The minimum atomic E-state index is -0.764. The zero-order valence-electron chi connectivity index (χ0n) is 11.1. The highest BCUT2D eigenvalue weighted by atomic mass is 16.4. The number of nitrogens with zero attached hydrogens (tertiary/aromatic N) is 1. The summed E-state index contributed by atoms with van der Waals surface area (Å²) in [6, 6.07) is -0.386. The largest absolute Gasteiger partial charge is 0.481 e. The number of amides is 1. The molecular weight excluding hydrogens is 232 g/mol. The Morgan fingerprint density at radius 2 is 2.22 bits per heavy atom. The molecule has 1 heterocycles. The summed E-state index contributed by atoms with van der Waals surface area (Å²) >= 11 is 0. The van der Waals surface area contributed by atoms with Gasteiger partial charge in [-0.05, 0) is 25.2 Å². The van der Waals surface area contributed by atoms with Gasteiger partial charge in [0.2, 0.25) is 5.91 Å². The van der Waals surface area contributed by atoms with E-state index in [1.54, 1.807) is 4.90 Å². The third-order valence-electron chi connectivity index (χ3n) is 3.55. The summed E-state index contributed by atoms with van der Waals surface area (Å²) in [4.78, 5) is 24.3. The van der Waals surface area contributed by atoms with Crippen LogP contribution in [0.15, 0.2) is 0 Å². The van der Waals surface area contributed by atoms with Gasteiger partial charge >= 0.3 is 5.97 Å². The molecule has 0 radical (unpaired) electrons. The summed E-state index contributed by atoms with van der Waals surface area (Å²) in [5.74, 6) is -0.413. The van der Waals surface area contributed by atoms with Crippen LogP contribution in [0.1, 0.15) is 45.4 Å². The molecule has 1 rings (SSSR count). The van der Waals surface area contributed by atoms with Gasteiger partial charge in [-0.2, -0.15) is 0 Å². The van der Waals surface area contributed by atoms with Gasteiger partial charge in [-0.15, -0.1) is 0 Å². The molecule has 1 aliphatic rings. The first-order chi connectivity index (χ1) is 8.54. The minimum absolute atomic E-state index is 0.0290. The Hall–Kier alpha value is -1.10. The van der Waals surface area contributed by atoms with Crippen molar-refractivity contribution >= 4 is 11.9 Å². The maximum atomic E-state index is 12.0. The molecule has 0 aliphatic carbocycles. The van der Waals surface area contributed by atoms with Crippen molar-refractivity contribution in [3.05, 3.63) is 0 Å². The van der Waals surface area contributed by atoms with E-state index in [1.807, 2.05) is 0 Å². The van der Waals surface area contributed by atoms with Crippen LogP contribution in [0.2, 0.25) is 0 Å². The van der Waals surface area contributed by atoms with Crippen molar-refractivity contribution in [2.24, 2.45) is 11.7 Å². The van der Waals surface area contributed by atoms with E-state index >= 15 is 0 Å². The number of hydrogen-bond acceptors (Lipinski definition) is 3. The SMILES string of the molecule is CCCC[C@H](N)C(=O)N1CCC(CCC(=O)O)C1. The number of unbranched alkanes of at least 4 members (excludes halogenated alkanes) is 1. The zero-order valence-corrected chi connectivity index (χ0v) is 11.1. The van der Waals surface area contributed by atoms with Gasteiger partial charge in [0.15, 0.2) is 0 Å². The van der Waals surface area contributed by atoms with Crippen molar-refractivity contribution in [1.82, 2.24) is 4.90 Å². The van der Waals surface area contributed by atoms with Crippen LogP contribution in [0.5, 0.6) is 0 Å². The van der Waals surface area contributed by atoms with Crippen molar-refractivity contribution in [3.63, 3.8) is 0 Å². The van der Waals surface area contributed by atoms with Gasteiger partial charge < -0.3 is 15.7 Å². The predicted molar refractivity (Wildman–Crippen MR) is 69.1 cm³/mol. The molecule has 0 spiro atoms. The maximum Gasteiger partial charge on any atom is 0.303 e. The highest BCUT2D eigenvalue weighted by Gasteiger charge is 2.28. The van der Waals surface area contributed by atoms with Crippen LogP contribution in [0, 0.1) is 5.92 Å². The quantitative estimate of drug-likeness (QED) is 0.717. The fraction of sp³-hybridized carbons (Fsp3) is 0.846. The molecule has 5 heteroatoms. The van der Waals surface area contributed by atoms with E-state index in [0.29, 0.717) is 18.9 Å². The Morgan fingerprint density at radius 3 is 2.83 bits per heavy atom. The number of aliphatic carboxylic acids is 1. The normalized spacial score (nSPS) is 21.0. The van der Waals surface area contributed by atoms with Crippen molar-refractivity contribution < 1.29 is 14.7 Å². The van der Waals surface area contributed by atoms with Gasteiger partial charge in [-0.25, -0.2) is 0 Å². The topological polar surface area (TPSA) is 83.6 Å². The van der Waals surface area contributed by atoms with Crippen LogP contribution in [-0.2, 0) is 9.59 Å². The minimum Gasteiger partial charge on any atom is -0.481 e. The van der Waals surface area contributed by atoms with Crippen molar-refractivity contribution in [2.75, 3.05) is 13.1 Å². The molecule has 0 aromatic carbocycles. The summed E-state index contributed by atoms with van der Waals surface area (Å²) in [6.45, 7) is 3.48. The molecule has 0 saturated carbocycles. The molecule has 1 fully saturated rings. The summed E-state index contributed by atoms with van der Waals surface area (Å²) < 4.78 is 0. The first kappa shape index (κ1) is 15.0.